The van der Waals surface area contributed by atoms with Gasteiger partial charge in [-0.1, -0.05) is 60.7 Å². The smallest absolute Gasteiger partial charge is 0.0697 e. The summed E-state index contributed by atoms with van der Waals surface area (Å²) in [6.45, 7) is 0.184. The molecule has 2 aromatic carbocycles. The van der Waals surface area contributed by atoms with E-state index in [1.165, 1.54) is 0 Å². The Morgan fingerprint density at radius 2 is 1.57 bits per heavy atom. The van der Waals surface area contributed by atoms with Crippen molar-refractivity contribution < 1.29 is 10.2 Å². The summed E-state index contributed by atoms with van der Waals surface area (Å²) in [7, 11) is 0. The zero-order chi connectivity index (χ0) is 16.3. The number of hydrogen-bond donors (Lipinski definition) is 2. The highest BCUT2D eigenvalue weighted by molar-refractivity contribution is 8.00. The van der Waals surface area contributed by atoms with Crippen LogP contribution >= 0.6 is 11.8 Å². The highest BCUT2D eigenvalue weighted by atomic mass is 32.2. The predicted molar refractivity (Wildman–Crippen MR) is 98.5 cm³/mol. The van der Waals surface area contributed by atoms with Crippen LogP contribution in [0.2, 0.25) is 0 Å². The number of aliphatic hydroxyl groups excluding tert-OH is 2. The molecule has 0 fully saturated rings. The lowest BCUT2D eigenvalue weighted by atomic mass is 10.1. The van der Waals surface area contributed by atoms with E-state index in [1.807, 2.05) is 36.4 Å². The third kappa shape index (κ3) is 6.61. The summed E-state index contributed by atoms with van der Waals surface area (Å²) in [6.07, 6.45) is 5.99. The van der Waals surface area contributed by atoms with Gasteiger partial charge in [-0.2, -0.15) is 0 Å². The molecule has 23 heavy (non-hydrogen) atoms. The van der Waals surface area contributed by atoms with Crippen molar-refractivity contribution in [3.63, 3.8) is 0 Å². The van der Waals surface area contributed by atoms with Gasteiger partial charge in [-0.3, -0.25) is 0 Å². The van der Waals surface area contributed by atoms with Crippen LogP contribution in [0, 0.1) is 0 Å². The molecule has 0 heterocycles. The molecule has 0 amide bonds. The Bertz CT molecular complexity index is 569. The Morgan fingerprint density at radius 1 is 0.913 bits per heavy atom. The second-order valence-corrected chi connectivity index (χ2v) is 6.70. The first-order chi connectivity index (χ1) is 11.3. The third-order valence-corrected chi connectivity index (χ3v) is 4.87. The van der Waals surface area contributed by atoms with E-state index in [2.05, 4.69) is 36.4 Å². The SMILES string of the molecule is OCCCCC(O)C(C=Cc1ccccc1)Sc1ccccc1. The van der Waals surface area contributed by atoms with Crippen LogP contribution in [-0.2, 0) is 0 Å². The Hall–Kier alpha value is -1.55. The van der Waals surface area contributed by atoms with Crippen molar-refractivity contribution in [2.75, 3.05) is 6.61 Å². The van der Waals surface area contributed by atoms with Crippen LogP contribution in [-0.4, -0.2) is 28.2 Å². The standard InChI is InChI=1S/C20H24O2S/c21-16-8-7-13-19(22)20(23-18-11-5-2-6-12-18)15-14-17-9-3-1-4-10-17/h1-6,9-12,14-15,19-22H,7-8,13,16H2. The minimum atomic E-state index is -0.424. The van der Waals surface area contributed by atoms with Crippen molar-refractivity contribution in [3.05, 3.63) is 72.3 Å². The van der Waals surface area contributed by atoms with Gasteiger partial charge in [-0.05, 0) is 37.0 Å². The van der Waals surface area contributed by atoms with Gasteiger partial charge < -0.3 is 10.2 Å². The molecule has 3 heteroatoms. The molecule has 0 aromatic heterocycles. The first-order valence-corrected chi connectivity index (χ1v) is 8.91. The average Bonchev–Trinajstić information content (AvgIpc) is 2.60. The maximum Gasteiger partial charge on any atom is 0.0697 e. The minimum Gasteiger partial charge on any atom is -0.396 e. The maximum atomic E-state index is 10.5. The first-order valence-electron chi connectivity index (χ1n) is 8.03. The monoisotopic (exact) mass is 328 g/mol. The molecule has 0 saturated carbocycles. The molecule has 0 aliphatic heterocycles. The summed E-state index contributed by atoms with van der Waals surface area (Å²) < 4.78 is 0. The minimum absolute atomic E-state index is 0.00343. The van der Waals surface area contributed by atoms with E-state index in [1.54, 1.807) is 11.8 Å². The summed E-state index contributed by atoms with van der Waals surface area (Å²) >= 11 is 1.67. The molecule has 122 valence electrons. The molecule has 0 aliphatic carbocycles. The molecule has 0 bridgehead atoms. The molecular weight excluding hydrogens is 304 g/mol. The van der Waals surface area contributed by atoms with Crippen LogP contribution in [0.15, 0.2) is 71.6 Å². The number of thioether (sulfide) groups is 1. The maximum absolute atomic E-state index is 10.5. The van der Waals surface area contributed by atoms with Crippen LogP contribution < -0.4 is 0 Å². The molecule has 0 saturated heterocycles. The van der Waals surface area contributed by atoms with Crippen LogP contribution in [0.25, 0.3) is 6.08 Å². The molecular formula is C20H24O2S. The van der Waals surface area contributed by atoms with Crippen LogP contribution in [0.1, 0.15) is 24.8 Å². The lowest BCUT2D eigenvalue weighted by molar-refractivity contribution is 0.165. The van der Waals surface area contributed by atoms with Crippen LogP contribution in [0.3, 0.4) is 0 Å². The lowest BCUT2D eigenvalue weighted by Gasteiger charge is -2.19. The van der Waals surface area contributed by atoms with Gasteiger partial charge in [0.05, 0.1) is 11.4 Å². The summed E-state index contributed by atoms with van der Waals surface area (Å²) in [4.78, 5) is 1.15. The number of rotatable bonds is 9. The van der Waals surface area contributed by atoms with Gasteiger partial charge in [0, 0.05) is 11.5 Å². The molecule has 2 N–H and O–H groups in total. The fraction of sp³-hybridized carbons (Fsp3) is 0.300. The van der Waals surface area contributed by atoms with Crippen molar-refractivity contribution in [3.8, 4) is 0 Å². The second-order valence-electron chi connectivity index (χ2n) is 5.45. The quantitative estimate of drug-likeness (QED) is 0.530. The highest BCUT2D eigenvalue weighted by Gasteiger charge is 2.17. The molecule has 2 atom stereocenters. The molecule has 2 unspecified atom stereocenters. The van der Waals surface area contributed by atoms with Crippen LogP contribution in [0.5, 0.6) is 0 Å². The van der Waals surface area contributed by atoms with Gasteiger partial charge in [0.1, 0.15) is 0 Å². The Morgan fingerprint density at radius 3 is 2.22 bits per heavy atom. The summed E-state index contributed by atoms with van der Waals surface area (Å²) in [5.74, 6) is 0. The van der Waals surface area contributed by atoms with E-state index in [0.717, 1.165) is 23.3 Å². The topological polar surface area (TPSA) is 40.5 Å². The van der Waals surface area contributed by atoms with E-state index in [4.69, 9.17) is 5.11 Å². The summed E-state index contributed by atoms with van der Waals surface area (Å²) in [5.41, 5.74) is 1.13. The fourth-order valence-electron chi connectivity index (χ4n) is 2.30. The lowest BCUT2D eigenvalue weighted by Crippen LogP contribution is -2.21. The van der Waals surface area contributed by atoms with Gasteiger partial charge in [-0.15, -0.1) is 11.8 Å². The molecule has 2 nitrogen and oxygen atoms in total. The number of benzene rings is 2. The van der Waals surface area contributed by atoms with E-state index >= 15 is 0 Å². The van der Waals surface area contributed by atoms with Gasteiger partial charge >= 0.3 is 0 Å². The molecule has 0 aliphatic rings. The van der Waals surface area contributed by atoms with Crippen LogP contribution in [0.4, 0.5) is 0 Å². The summed E-state index contributed by atoms with van der Waals surface area (Å²) in [5, 5.41) is 19.4. The molecule has 2 aromatic rings. The highest BCUT2D eigenvalue weighted by Crippen LogP contribution is 2.28. The van der Waals surface area contributed by atoms with Gasteiger partial charge in [0.25, 0.3) is 0 Å². The Labute approximate surface area is 142 Å². The number of hydrogen-bond acceptors (Lipinski definition) is 3. The second kappa shape index (κ2) is 10.3. The largest absolute Gasteiger partial charge is 0.396 e. The Balaban J connectivity index is 2.05. The third-order valence-electron chi connectivity index (χ3n) is 3.58. The zero-order valence-corrected chi connectivity index (χ0v) is 14.0. The predicted octanol–water partition coefficient (Wildman–Crippen LogP) is 4.38. The van der Waals surface area contributed by atoms with Crippen molar-refractivity contribution in [2.24, 2.45) is 0 Å². The average molecular weight is 328 g/mol. The number of unbranched alkanes of at least 4 members (excludes halogenated alkanes) is 1. The molecule has 2 rings (SSSR count). The van der Waals surface area contributed by atoms with Gasteiger partial charge in [-0.25, -0.2) is 0 Å². The van der Waals surface area contributed by atoms with Gasteiger partial charge in [0.15, 0.2) is 0 Å². The van der Waals surface area contributed by atoms with E-state index in [9.17, 15) is 5.11 Å². The fourth-order valence-corrected chi connectivity index (χ4v) is 3.38. The van der Waals surface area contributed by atoms with Gasteiger partial charge in [0.2, 0.25) is 0 Å². The van der Waals surface area contributed by atoms with Crippen molar-refractivity contribution in [1.29, 1.82) is 0 Å². The molecule has 0 radical (unpaired) electrons. The molecule has 0 spiro atoms. The number of aliphatic hydroxyl groups is 2. The van der Waals surface area contributed by atoms with Crippen molar-refractivity contribution >= 4 is 17.8 Å². The van der Waals surface area contributed by atoms with Crippen molar-refractivity contribution in [2.45, 2.75) is 35.5 Å². The normalized spacial score (nSPS) is 14.0. The zero-order valence-electron chi connectivity index (χ0n) is 13.2. The first kappa shape index (κ1) is 17.8. The summed E-state index contributed by atoms with van der Waals surface area (Å²) in [6, 6.07) is 20.3. The van der Waals surface area contributed by atoms with E-state index < -0.39 is 6.10 Å². The van der Waals surface area contributed by atoms with Crippen molar-refractivity contribution in [1.82, 2.24) is 0 Å². The Kier molecular flexibility index (Phi) is 7.95. The van der Waals surface area contributed by atoms with E-state index in [0.29, 0.717) is 6.42 Å². The van der Waals surface area contributed by atoms with E-state index in [-0.39, 0.29) is 11.9 Å².